The Labute approximate surface area is 393 Å². The lowest BCUT2D eigenvalue weighted by molar-refractivity contribution is 0.480. The van der Waals surface area contributed by atoms with E-state index >= 15 is 0 Å². The summed E-state index contributed by atoms with van der Waals surface area (Å²) in [5, 5.41) is 12.1. The summed E-state index contributed by atoms with van der Waals surface area (Å²) in [7, 11) is 0. The highest BCUT2D eigenvalue weighted by Crippen LogP contribution is 2.57. The Balaban J connectivity index is 1.01. The van der Waals surface area contributed by atoms with Crippen molar-refractivity contribution in [3.8, 4) is 62.4 Å². The summed E-state index contributed by atoms with van der Waals surface area (Å²) in [6.45, 7) is 21.0. The fraction of sp³-hybridized carbons (Fsp3) is 0.0806. The molecule has 0 saturated heterocycles. The van der Waals surface area contributed by atoms with Crippen LogP contribution in [-0.4, -0.2) is 0 Å². The zero-order valence-corrected chi connectivity index (χ0v) is 38.2. The standard InChI is InChI=1S/C62H49N3O2/c1-8-11-19-40(4)41(5)42(39-63)20-17-35-64(44-21-13-12-14-22-44)45-25-29-50-52-31-34-57-61-53(32-33-56(60(52)61)66-58(50)37-45)51-30-27-47(38-59(51)67-57)65(43(10-3)18-9-2)46-26-28-49-48-23-15-16-24-54(48)62(6,7)55(49)36-46/h8-38H,2-3,5H2,1,4,6-7H3/b11-8-,35-17+,40-19+,42-20-,43-18+. The van der Waals surface area contributed by atoms with Crippen molar-refractivity contribution in [2.75, 3.05) is 9.80 Å². The zero-order chi connectivity index (χ0) is 46.4. The summed E-state index contributed by atoms with van der Waals surface area (Å²) in [4.78, 5) is 4.32. The predicted octanol–water partition coefficient (Wildman–Crippen LogP) is 17.3. The lowest BCUT2D eigenvalue weighted by atomic mass is 9.82. The first kappa shape index (κ1) is 42.4. The molecule has 0 unspecified atom stereocenters. The normalized spacial score (nSPS) is 14.0. The van der Waals surface area contributed by atoms with E-state index in [2.05, 4.69) is 165 Å². The average molecular weight is 868 g/mol. The van der Waals surface area contributed by atoms with Crippen LogP contribution >= 0.6 is 0 Å². The smallest absolute Gasteiger partial charge is 0.137 e. The molecule has 67 heavy (non-hydrogen) atoms. The Hall–Kier alpha value is -8.59. The van der Waals surface area contributed by atoms with E-state index in [0.29, 0.717) is 11.1 Å². The van der Waals surface area contributed by atoms with E-state index in [1.165, 1.54) is 22.3 Å². The first-order valence-corrected chi connectivity index (χ1v) is 22.5. The van der Waals surface area contributed by atoms with Gasteiger partial charge in [0.05, 0.1) is 11.6 Å². The summed E-state index contributed by atoms with van der Waals surface area (Å²) in [6.07, 6.45) is 17.2. The van der Waals surface area contributed by atoms with E-state index in [1.807, 2.05) is 74.7 Å². The maximum absolute atomic E-state index is 10.0. The van der Waals surface area contributed by atoms with Gasteiger partial charge in [-0.1, -0.05) is 106 Å². The van der Waals surface area contributed by atoms with Gasteiger partial charge < -0.3 is 19.3 Å². The van der Waals surface area contributed by atoms with Crippen LogP contribution in [0.15, 0.2) is 230 Å². The molecule has 5 nitrogen and oxygen atoms in total. The molecule has 3 aliphatic rings. The fourth-order valence-corrected chi connectivity index (χ4v) is 9.74. The number of nitrogens with zero attached hydrogens (tertiary/aromatic N) is 3. The van der Waals surface area contributed by atoms with Crippen molar-refractivity contribution in [2.24, 2.45) is 0 Å². The maximum atomic E-state index is 10.0. The number of rotatable bonds is 12. The number of para-hydroxylation sites is 1. The van der Waals surface area contributed by atoms with Crippen molar-refractivity contribution in [3.63, 3.8) is 0 Å². The lowest BCUT2D eigenvalue weighted by Gasteiger charge is -2.31. The maximum Gasteiger partial charge on any atom is 0.137 e. The molecule has 7 aromatic rings. The molecule has 0 N–H and O–H groups in total. The molecule has 0 fully saturated rings. The lowest BCUT2D eigenvalue weighted by Crippen LogP contribution is -2.18. The summed E-state index contributed by atoms with van der Waals surface area (Å²) < 4.78 is 13.7. The summed E-state index contributed by atoms with van der Waals surface area (Å²) in [5.74, 6) is 3.06. The molecule has 1 aliphatic carbocycles. The molecule has 2 heterocycles. The van der Waals surface area contributed by atoms with Gasteiger partial charge in [0.25, 0.3) is 0 Å². The summed E-state index contributed by atoms with van der Waals surface area (Å²) >= 11 is 0. The number of fused-ring (bicyclic) bond motifs is 7. The van der Waals surface area contributed by atoms with Gasteiger partial charge in [-0.3, -0.25) is 0 Å². The van der Waals surface area contributed by atoms with Gasteiger partial charge >= 0.3 is 0 Å². The van der Waals surface area contributed by atoms with Crippen LogP contribution in [0, 0.1) is 11.3 Å². The Morgan fingerprint density at radius 1 is 0.597 bits per heavy atom. The van der Waals surface area contributed by atoms with Crippen LogP contribution in [0.4, 0.5) is 22.7 Å². The molecule has 0 amide bonds. The van der Waals surface area contributed by atoms with Crippen LogP contribution in [0.25, 0.3) is 44.2 Å². The molecule has 0 radical (unpaired) electrons. The third-order valence-corrected chi connectivity index (χ3v) is 13.1. The summed E-state index contributed by atoms with van der Waals surface area (Å²) in [5.41, 5.74) is 16.0. The molecule has 5 heteroatoms. The van der Waals surface area contributed by atoms with Crippen molar-refractivity contribution < 1.29 is 9.47 Å². The molecule has 0 saturated carbocycles. The van der Waals surface area contributed by atoms with Crippen LogP contribution < -0.4 is 19.3 Å². The molecule has 2 aliphatic heterocycles. The minimum atomic E-state index is -0.153. The van der Waals surface area contributed by atoms with Gasteiger partial charge in [0, 0.05) is 74.1 Å². The average Bonchev–Trinajstić information content (AvgIpc) is 3.59. The van der Waals surface area contributed by atoms with Crippen molar-refractivity contribution in [1.82, 2.24) is 0 Å². The van der Waals surface area contributed by atoms with Crippen LogP contribution in [0.3, 0.4) is 0 Å². The van der Waals surface area contributed by atoms with Gasteiger partial charge in [-0.05, 0) is 155 Å². The largest absolute Gasteiger partial charge is 0.456 e. The molecule has 0 spiro atoms. The number of anilines is 4. The summed E-state index contributed by atoms with van der Waals surface area (Å²) in [6, 6.07) is 49.1. The van der Waals surface area contributed by atoms with E-state index in [9.17, 15) is 5.26 Å². The second-order valence-corrected chi connectivity index (χ2v) is 17.4. The number of allylic oxidation sites excluding steroid dienone is 11. The molecule has 0 atom stereocenters. The fourth-order valence-electron chi connectivity index (χ4n) is 9.74. The Kier molecular flexibility index (Phi) is 10.8. The highest BCUT2D eigenvalue weighted by molar-refractivity contribution is 6.14. The molecule has 324 valence electrons. The highest BCUT2D eigenvalue weighted by atomic mass is 16.5. The Morgan fingerprint density at radius 2 is 1.18 bits per heavy atom. The van der Waals surface area contributed by atoms with E-state index < -0.39 is 0 Å². The third-order valence-electron chi connectivity index (χ3n) is 13.1. The highest BCUT2D eigenvalue weighted by Gasteiger charge is 2.36. The predicted molar refractivity (Wildman–Crippen MR) is 279 cm³/mol. The van der Waals surface area contributed by atoms with Crippen molar-refractivity contribution in [2.45, 2.75) is 33.1 Å². The SMILES string of the molecule is C=C/C=C(\C=C)N(c1ccc2c(c1)Oc1ccc3c4c(ccc-2c14)Oc1cc(N(/C=C/C=C(/C#N)C(=C)/C(C)=C/C=C\C)c2ccccc2)ccc1-3)c1ccc2c(c1)C(C)(C)c1ccccc1-2. The van der Waals surface area contributed by atoms with Crippen molar-refractivity contribution in [3.05, 3.63) is 242 Å². The third kappa shape index (κ3) is 7.21. The van der Waals surface area contributed by atoms with E-state index in [0.717, 1.165) is 90.0 Å². The monoisotopic (exact) mass is 867 g/mol. The van der Waals surface area contributed by atoms with Gasteiger partial charge in [-0.15, -0.1) is 0 Å². The van der Waals surface area contributed by atoms with Gasteiger partial charge in [0.2, 0.25) is 0 Å². The van der Waals surface area contributed by atoms with Crippen LogP contribution in [0.2, 0.25) is 0 Å². The topological polar surface area (TPSA) is 48.7 Å². The second-order valence-electron chi connectivity index (χ2n) is 17.4. The first-order chi connectivity index (χ1) is 32.6. The molecular weight excluding hydrogens is 819 g/mol. The second kappa shape index (κ2) is 17.1. The van der Waals surface area contributed by atoms with Crippen LogP contribution in [0.1, 0.15) is 38.8 Å². The number of ether oxygens (including phenoxy) is 2. The quantitative estimate of drug-likeness (QED) is 0.0904. The number of hydrogen-bond donors (Lipinski definition) is 0. The minimum Gasteiger partial charge on any atom is -0.456 e. The number of nitriles is 1. The van der Waals surface area contributed by atoms with Crippen LogP contribution in [0.5, 0.6) is 23.0 Å². The van der Waals surface area contributed by atoms with Gasteiger partial charge in [0.1, 0.15) is 23.0 Å². The molecule has 10 rings (SSSR count). The molecule has 7 aromatic carbocycles. The van der Waals surface area contributed by atoms with Crippen LogP contribution in [-0.2, 0) is 5.41 Å². The molecule has 0 aromatic heterocycles. The number of benzene rings is 7. The minimum absolute atomic E-state index is 0.153. The Bertz CT molecular complexity index is 3430. The van der Waals surface area contributed by atoms with Gasteiger partial charge in [-0.25, -0.2) is 0 Å². The van der Waals surface area contributed by atoms with E-state index in [-0.39, 0.29) is 5.41 Å². The zero-order valence-electron chi connectivity index (χ0n) is 38.2. The van der Waals surface area contributed by atoms with E-state index in [1.54, 1.807) is 12.2 Å². The van der Waals surface area contributed by atoms with Crippen molar-refractivity contribution >= 4 is 33.5 Å². The van der Waals surface area contributed by atoms with Gasteiger partial charge in [0.15, 0.2) is 0 Å². The van der Waals surface area contributed by atoms with Crippen molar-refractivity contribution in [1.29, 1.82) is 5.26 Å². The first-order valence-electron chi connectivity index (χ1n) is 22.5. The molecular formula is C62H49N3O2. The number of hydrogen-bond acceptors (Lipinski definition) is 5. The van der Waals surface area contributed by atoms with Gasteiger partial charge in [-0.2, -0.15) is 5.26 Å². The molecule has 0 bridgehead atoms. The Morgan fingerprint density at radius 3 is 1.82 bits per heavy atom. The van der Waals surface area contributed by atoms with E-state index in [4.69, 9.17) is 9.47 Å².